The summed E-state index contributed by atoms with van der Waals surface area (Å²) in [4.78, 5) is 12.3. The van der Waals surface area contributed by atoms with Gasteiger partial charge in [0, 0.05) is 11.6 Å². The summed E-state index contributed by atoms with van der Waals surface area (Å²) >= 11 is 5.94. The molecule has 0 aromatic heterocycles. The van der Waals surface area contributed by atoms with Gasteiger partial charge in [0.25, 0.3) is 0 Å². The molecule has 0 aliphatic carbocycles. The second kappa shape index (κ2) is 5.32. The summed E-state index contributed by atoms with van der Waals surface area (Å²) in [5.74, 6) is -0.813. The van der Waals surface area contributed by atoms with Crippen LogP contribution in [0, 0.1) is 13.8 Å². The Morgan fingerprint density at radius 3 is 2.31 bits per heavy atom. The van der Waals surface area contributed by atoms with Crippen LogP contribution in [0.5, 0.6) is 0 Å². The van der Waals surface area contributed by atoms with Crippen LogP contribution in [-0.2, 0) is 11.3 Å². The Bertz CT molecular complexity index is 381. The first kappa shape index (κ1) is 13.0. The van der Waals surface area contributed by atoms with Crippen LogP contribution >= 0.6 is 11.6 Å². The zero-order valence-electron chi connectivity index (χ0n) is 9.75. The number of rotatable bonds is 4. The Kier molecular flexibility index (Phi) is 4.33. The van der Waals surface area contributed by atoms with Crippen molar-refractivity contribution < 1.29 is 9.90 Å². The van der Waals surface area contributed by atoms with Gasteiger partial charge in [0.2, 0.25) is 0 Å². The van der Waals surface area contributed by atoms with Crippen LogP contribution in [-0.4, -0.2) is 29.6 Å². The lowest BCUT2D eigenvalue weighted by Crippen LogP contribution is -2.25. The number of benzene rings is 1. The molecule has 0 atom stereocenters. The average Bonchev–Trinajstić information content (AvgIpc) is 2.09. The van der Waals surface area contributed by atoms with Gasteiger partial charge in [-0.1, -0.05) is 11.6 Å². The predicted molar refractivity (Wildman–Crippen MR) is 64.9 cm³/mol. The van der Waals surface area contributed by atoms with Crippen LogP contribution in [0.1, 0.15) is 16.7 Å². The minimum Gasteiger partial charge on any atom is -0.480 e. The quantitative estimate of drug-likeness (QED) is 0.881. The minimum atomic E-state index is -0.813. The summed E-state index contributed by atoms with van der Waals surface area (Å²) in [7, 11) is 1.79. The maximum Gasteiger partial charge on any atom is 0.317 e. The molecule has 0 heterocycles. The van der Waals surface area contributed by atoms with E-state index in [1.165, 1.54) is 0 Å². The Balaban J connectivity index is 2.85. The van der Waals surface area contributed by atoms with Crippen LogP contribution in [0.2, 0.25) is 5.02 Å². The van der Waals surface area contributed by atoms with Crippen LogP contribution in [0.3, 0.4) is 0 Å². The highest BCUT2D eigenvalue weighted by molar-refractivity contribution is 6.30. The molecule has 0 spiro atoms. The third kappa shape index (κ3) is 3.51. The number of carbonyl (C=O) groups is 1. The van der Waals surface area contributed by atoms with E-state index in [-0.39, 0.29) is 6.54 Å². The zero-order valence-corrected chi connectivity index (χ0v) is 10.5. The third-order valence-corrected chi connectivity index (χ3v) is 2.71. The molecule has 88 valence electrons. The standard InChI is InChI=1S/C12H16ClNO2/c1-8-4-10(13)5-9(2)11(8)6-14(3)7-12(15)16/h4-5H,6-7H2,1-3H3,(H,15,16). The predicted octanol–water partition coefficient (Wildman–Crippen LogP) is 2.47. The molecule has 0 amide bonds. The van der Waals surface area contributed by atoms with Crippen molar-refractivity contribution in [1.29, 1.82) is 0 Å². The van der Waals surface area contributed by atoms with Gasteiger partial charge in [0.1, 0.15) is 0 Å². The summed E-state index contributed by atoms with van der Waals surface area (Å²) in [5.41, 5.74) is 3.35. The van der Waals surface area contributed by atoms with Gasteiger partial charge in [-0.2, -0.15) is 0 Å². The van der Waals surface area contributed by atoms with Crippen molar-refractivity contribution in [2.24, 2.45) is 0 Å². The highest BCUT2D eigenvalue weighted by atomic mass is 35.5. The summed E-state index contributed by atoms with van der Waals surface area (Å²) in [6.07, 6.45) is 0. The fourth-order valence-corrected chi connectivity index (χ4v) is 2.07. The molecule has 0 aliphatic rings. The topological polar surface area (TPSA) is 40.5 Å². The second-order valence-corrected chi connectivity index (χ2v) is 4.52. The van der Waals surface area contributed by atoms with Gasteiger partial charge in [-0.3, -0.25) is 9.69 Å². The van der Waals surface area contributed by atoms with Crippen molar-refractivity contribution in [3.05, 3.63) is 33.8 Å². The van der Waals surface area contributed by atoms with Gasteiger partial charge in [-0.15, -0.1) is 0 Å². The maximum absolute atomic E-state index is 10.6. The van der Waals surface area contributed by atoms with Crippen molar-refractivity contribution in [1.82, 2.24) is 4.90 Å². The molecule has 1 aromatic rings. The van der Waals surface area contributed by atoms with Crippen LogP contribution in [0.4, 0.5) is 0 Å². The van der Waals surface area contributed by atoms with E-state index in [4.69, 9.17) is 16.7 Å². The Labute approximate surface area is 101 Å². The molecule has 0 saturated heterocycles. The molecule has 0 aliphatic heterocycles. The van der Waals surface area contributed by atoms with Crippen molar-refractivity contribution >= 4 is 17.6 Å². The monoisotopic (exact) mass is 241 g/mol. The first-order chi connectivity index (χ1) is 7.40. The Hall–Kier alpha value is -1.06. The van der Waals surface area contributed by atoms with E-state index in [9.17, 15) is 4.79 Å². The van der Waals surface area contributed by atoms with E-state index in [0.717, 1.165) is 21.7 Å². The molecule has 1 N–H and O–H groups in total. The molecule has 0 saturated carbocycles. The van der Waals surface area contributed by atoms with Crippen LogP contribution in [0.25, 0.3) is 0 Å². The summed E-state index contributed by atoms with van der Waals surface area (Å²) in [6, 6.07) is 3.80. The van der Waals surface area contributed by atoms with Gasteiger partial charge in [0.05, 0.1) is 6.54 Å². The zero-order chi connectivity index (χ0) is 12.3. The van der Waals surface area contributed by atoms with E-state index < -0.39 is 5.97 Å². The average molecular weight is 242 g/mol. The molecule has 0 radical (unpaired) electrons. The molecule has 3 nitrogen and oxygen atoms in total. The van der Waals surface area contributed by atoms with Gasteiger partial charge in [-0.05, 0) is 49.7 Å². The van der Waals surface area contributed by atoms with E-state index in [1.807, 2.05) is 26.0 Å². The first-order valence-electron chi connectivity index (χ1n) is 5.06. The normalized spacial score (nSPS) is 10.8. The number of halogens is 1. The maximum atomic E-state index is 10.6. The number of aliphatic carboxylic acids is 1. The highest BCUT2D eigenvalue weighted by Crippen LogP contribution is 2.21. The van der Waals surface area contributed by atoms with Crippen molar-refractivity contribution in [3.8, 4) is 0 Å². The first-order valence-corrected chi connectivity index (χ1v) is 5.44. The van der Waals surface area contributed by atoms with Gasteiger partial charge in [0.15, 0.2) is 0 Å². The van der Waals surface area contributed by atoms with E-state index in [1.54, 1.807) is 11.9 Å². The number of nitrogens with zero attached hydrogens (tertiary/aromatic N) is 1. The van der Waals surface area contributed by atoms with Crippen LogP contribution in [0.15, 0.2) is 12.1 Å². The number of carboxylic acid groups (broad SMARTS) is 1. The minimum absolute atomic E-state index is 0.0432. The molecule has 16 heavy (non-hydrogen) atoms. The van der Waals surface area contributed by atoms with Gasteiger partial charge in [-0.25, -0.2) is 0 Å². The lowest BCUT2D eigenvalue weighted by molar-refractivity contribution is -0.138. The highest BCUT2D eigenvalue weighted by Gasteiger charge is 2.09. The molecule has 0 bridgehead atoms. The Morgan fingerprint density at radius 2 is 1.88 bits per heavy atom. The van der Waals surface area contributed by atoms with Crippen molar-refractivity contribution in [2.45, 2.75) is 20.4 Å². The third-order valence-electron chi connectivity index (χ3n) is 2.49. The summed E-state index contributed by atoms with van der Waals surface area (Å²) in [5, 5.41) is 9.40. The molecular weight excluding hydrogens is 226 g/mol. The van der Waals surface area contributed by atoms with E-state index in [2.05, 4.69) is 0 Å². The SMILES string of the molecule is Cc1cc(Cl)cc(C)c1CN(C)CC(=O)O. The van der Waals surface area contributed by atoms with Crippen molar-refractivity contribution in [3.63, 3.8) is 0 Å². The van der Waals surface area contributed by atoms with Gasteiger partial charge < -0.3 is 5.11 Å². The summed E-state index contributed by atoms with van der Waals surface area (Å²) in [6.45, 7) is 4.65. The van der Waals surface area contributed by atoms with Crippen LogP contribution < -0.4 is 0 Å². The molecule has 0 unspecified atom stereocenters. The fraction of sp³-hybridized carbons (Fsp3) is 0.417. The number of likely N-dealkylation sites (N-methyl/N-ethyl adjacent to an activating group) is 1. The molecule has 1 aromatic carbocycles. The molecule has 0 fully saturated rings. The number of aryl methyl sites for hydroxylation is 2. The number of carboxylic acids is 1. The smallest absolute Gasteiger partial charge is 0.317 e. The summed E-state index contributed by atoms with van der Waals surface area (Å²) < 4.78 is 0. The second-order valence-electron chi connectivity index (χ2n) is 4.08. The number of hydrogen-bond acceptors (Lipinski definition) is 2. The number of hydrogen-bond donors (Lipinski definition) is 1. The fourth-order valence-electron chi connectivity index (χ4n) is 1.75. The van der Waals surface area contributed by atoms with E-state index in [0.29, 0.717) is 6.54 Å². The van der Waals surface area contributed by atoms with Gasteiger partial charge >= 0.3 is 5.97 Å². The molecular formula is C12H16ClNO2. The van der Waals surface area contributed by atoms with E-state index >= 15 is 0 Å². The largest absolute Gasteiger partial charge is 0.480 e. The van der Waals surface area contributed by atoms with Crippen molar-refractivity contribution in [2.75, 3.05) is 13.6 Å². The molecule has 1 rings (SSSR count). The lowest BCUT2D eigenvalue weighted by Gasteiger charge is -2.18. The lowest BCUT2D eigenvalue weighted by atomic mass is 10.0. The Morgan fingerprint density at radius 1 is 1.38 bits per heavy atom. The molecule has 4 heteroatoms.